The average molecular weight is 303 g/mol. The predicted molar refractivity (Wildman–Crippen MR) is 80.2 cm³/mol. The van der Waals surface area contributed by atoms with Crippen molar-refractivity contribution in [3.05, 3.63) is 35.7 Å². The molecule has 1 saturated heterocycles. The maximum atomic E-state index is 11.8. The molecule has 1 amide bonds. The predicted octanol–water partition coefficient (Wildman–Crippen LogP) is 1.35. The SMILES string of the molecule is Cc1cnc(CN2CCC(CNC(=O)c3ccon3)CC2)[nH]1. The molecule has 0 saturated carbocycles. The van der Waals surface area contributed by atoms with Crippen molar-refractivity contribution in [3.8, 4) is 0 Å². The Labute approximate surface area is 129 Å². The van der Waals surface area contributed by atoms with Crippen LogP contribution < -0.4 is 5.32 Å². The third-order valence-corrected chi connectivity index (χ3v) is 4.06. The van der Waals surface area contributed by atoms with Crippen LogP contribution in [0.25, 0.3) is 0 Å². The Morgan fingerprint density at radius 1 is 1.50 bits per heavy atom. The second-order valence-corrected chi connectivity index (χ2v) is 5.83. The van der Waals surface area contributed by atoms with Gasteiger partial charge in [0, 0.05) is 24.5 Å². The van der Waals surface area contributed by atoms with E-state index >= 15 is 0 Å². The number of aryl methyl sites for hydroxylation is 1. The van der Waals surface area contributed by atoms with E-state index in [4.69, 9.17) is 0 Å². The highest BCUT2D eigenvalue weighted by Crippen LogP contribution is 2.17. The summed E-state index contributed by atoms with van der Waals surface area (Å²) in [7, 11) is 0. The number of aromatic nitrogens is 3. The van der Waals surface area contributed by atoms with Crippen molar-refractivity contribution in [2.75, 3.05) is 19.6 Å². The number of carbonyl (C=O) groups is 1. The standard InChI is InChI=1S/C15H21N5O2/c1-11-8-16-14(18-11)10-20-5-2-12(3-6-20)9-17-15(21)13-4-7-22-19-13/h4,7-8,12H,2-3,5-6,9-10H2,1H3,(H,16,18)(H,17,21). The lowest BCUT2D eigenvalue weighted by atomic mass is 9.97. The van der Waals surface area contributed by atoms with Gasteiger partial charge in [0.15, 0.2) is 5.69 Å². The van der Waals surface area contributed by atoms with Crippen LogP contribution in [0.3, 0.4) is 0 Å². The number of hydrogen-bond donors (Lipinski definition) is 2. The molecule has 3 heterocycles. The second-order valence-electron chi connectivity index (χ2n) is 5.83. The van der Waals surface area contributed by atoms with Crippen LogP contribution in [0.15, 0.2) is 23.0 Å². The van der Waals surface area contributed by atoms with E-state index in [1.807, 2.05) is 13.1 Å². The Kier molecular flexibility index (Phi) is 4.53. The van der Waals surface area contributed by atoms with E-state index in [1.165, 1.54) is 6.26 Å². The van der Waals surface area contributed by atoms with Crippen molar-refractivity contribution in [1.29, 1.82) is 0 Å². The van der Waals surface area contributed by atoms with E-state index in [9.17, 15) is 4.79 Å². The summed E-state index contributed by atoms with van der Waals surface area (Å²) in [6.45, 7) is 5.64. The molecule has 2 N–H and O–H groups in total. The summed E-state index contributed by atoms with van der Waals surface area (Å²) >= 11 is 0. The number of H-pyrrole nitrogens is 1. The van der Waals surface area contributed by atoms with Gasteiger partial charge in [-0.05, 0) is 38.8 Å². The molecule has 0 bridgehead atoms. The first-order valence-electron chi connectivity index (χ1n) is 7.62. The van der Waals surface area contributed by atoms with Crippen molar-refractivity contribution in [2.24, 2.45) is 5.92 Å². The average Bonchev–Trinajstić information content (AvgIpc) is 3.18. The first-order chi connectivity index (χ1) is 10.7. The Hall–Kier alpha value is -2.15. The van der Waals surface area contributed by atoms with E-state index in [0.717, 1.165) is 44.0 Å². The Morgan fingerprint density at radius 2 is 2.32 bits per heavy atom. The number of imidazole rings is 1. The number of likely N-dealkylation sites (tertiary alicyclic amines) is 1. The molecule has 118 valence electrons. The zero-order valence-electron chi connectivity index (χ0n) is 12.7. The van der Waals surface area contributed by atoms with E-state index in [1.54, 1.807) is 6.07 Å². The molecule has 0 unspecified atom stereocenters. The summed E-state index contributed by atoms with van der Waals surface area (Å²) in [5.41, 5.74) is 1.44. The third-order valence-electron chi connectivity index (χ3n) is 4.06. The summed E-state index contributed by atoms with van der Waals surface area (Å²) in [4.78, 5) is 21.8. The number of piperidine rings is 1. The molecular weight excluding hydrogens is 282 g/mol. The van der Waals surface area contributed by atoms with Crippen molar-refractivity contribution in [3.63, 3.8) is 0 Å². The van der Waals surface area contributed by atoms with Gasteiger partial charge in [0.25, 0.3) is 5.91 Å². The fourth-order valence-electron chi connectivity index (χ4n) is 2.76. The van der Waals surface area contributed by atoms with Crippen LogP contribution in [0.5, 0.6) is 0 Å². The van der Waals surface area contributed by atoms with Crippen LogP contribution in [0.2, 0.25) is 0 Å². The molecule has 0 aromatic carbocycles. The molecule has 22 heavy (non-hydrogen) atoms. The summed E-state index contributed by atoms with van der Waals surface area (Å²) < 4.78 is 4.67. The first kappa shape index (κ1) is 14.8. The van der Waals surface area contributed by atoms with Gasteiger partial charge in [0.05, 0.1) is 6.54 Å². The maximum absolute atomic E-state index is 11.8. The summed E-state index contributed by atoms with van der Waals surface area (Å²) in [5.74, 6) is 1.38. The molecule has 1 aliphatic heterocycles. The highest BCUT2D eigenvalue weighted by Gasteiger charge is 2.21. The Bertz CT molecular complexity index is 599. The fraction of sp³-hybridized carbons (Fsp3) is 0.533. The van der Waals surface area contributed by atoms with Crippen molar-refractivity contribution >= 4 is 5.91 Å². The van der Waals surface area contributed by atoms with Crippen LogP contribution in [0, 0.1) is 12.8 Å². The minimum Gasteiger partial charge on any atom is -0.364 e. The van der Waals surface area contributed by atoms with Gasteiger partial charge in [-0.3, -0.25) is 9.69 Å². The van der Waals surface area contributed by atoms with Gasteiger partial charge in [-0.1, -0.05) is 5.16 Å². The molecule has 3 rings (SSSR count). The molecular formula is C15H21N5O2. The zero-order chi connectivity index (χ0) is 15.4. The van der Waals surface area contributed by atoms with Gasteiger partial charge < -0.3 is 14.8 Å². The van der Waals surface area contributed by atoms with Gasteiger partial charge in [0.2, 0.25) is 0 Å². The molecule has 1 fully saturated rings. The molecule has 0 atom stereocenters. The van der Waals surface area contributed by atoms with Gasteiger partial charge in [-0.25, -0.2) is 4.98 Å². The molecule has 7 heteroatoms. The highest BCUT2D eigenvalue weighted by molar-refractivity contribution is 5.91. The maximum Gasteiger partial charge on any atom is 0.273 e. The van der Waals surface area contributed by atoms with Gasteiger partial charge in [-0.2, -0.15) is 0 Å². The normalized spacial score (nSPS) is 16.8. The summed E-state index contributed by atoms with van der Waals surface area (Å²) in [6.07, 6.45) is 5.43. The van der Waals surface area contributed by atoms with E-state index in [-0.39, 0.29) is 5.91 Å². The molecule has 2 aromatic rings. The van der Waals surface area contributed by atoms with Crippen molar-refractivity contribution < 1.29 is 9.32 Å². The zero-order valence-corrected chi connectivity index (χ0v) is 12.7. The lowest BCUT2D eigenvalue weighted by molar-refractivity contribution is 0.0926. The number of nitrogens with zero attached hydrogens (tertiary/aromatic N) is 3. The monoisotopic (exact) mass is 303 g/mol. The topological polar surface area (TPSA) is 87.1 Å². The minimum absolute atomic E-state index is 0.165. The van der Waals surface area contributed by atoms with Crippen LogP contribution in [-0.4, -0.2) is 45.6 Å². The Balaban J connectivity index is 1.39. The number of nitrogens with one attached hydrogen (secondary N) is 2. The second kappa shape index (κ2) is 6.74. The van der Waals surface area contributed by atoms with E-state index < -0.39 is 0 Å². The van der Waals surface area contributed by atoms with Crippen LogP contribution in [0.4, 0.5) is 0 Å². The van der Waals surface area contributed by atoms with Gasteiger partial charge in [0.1, 0.15) is 12.1 Å². The van der Waals surface area contributed by atoms with Crippen LogP contribution in [0.1, 0.15) is 34.8 Å². The summed E-state index contributed by atoms with van der Waals surface area (Å²) in [6, 6.07) is 1.57. The number of rotatable bonds is 5. The van der Waals surface area contributed by atoms with Gasteiger partial charge in [-0.15, -0.1) is 0 Å². The van der Waals surface area contributed by atoms with Crippen LogP contribution >= 0.6 is 0 Å². The first-order valence-corrected chi connectivity index (χ1v) is 7.62. The number of amides is 1. The largest absolute Gasteiger partial charge is 0.364 e. The molecule has 0 radical (unpaired) electrons. The minimum atomic E-state index is -0.165. The number of carbonyl (C=O) groups excluding carboxylic acids is 1. The Morgan fingerprint density at radius 3 is 2.95 bits per heavy atom. The van der Waals surface area contributed by atoms with Crippen molar-refractivity contribution in [2.45, 2.75) is 26.3 Å². The molecule has 2 aromatic heterocycles. The lowest BCUT2D eigenvalue weighted by Gasteiger charge is -2.31. The molecule has 0 aliphatic carbocycles. The molecule has 0 spiro atoms. The van der Waals surface area contributed by atoms with Gasteiger partial charge >= 0.3 is 0 Å². The lowest BCUT2D eigenvalue weighted by Crippen LogP contribution is -2.38. The molecule has 1 aliphatic rings. The number of hydrogen-bond acceptors (Lipinski definition) is 5. The van der Waals surface area contributed by atoms with E-state index in [0.29, 0.717) is 18.2 Å². The van der Waals surface area contributed by atoms with Crippen molar-refractivity contribution in [1.82, 2.24) is 25.3 Å². The van der Waals surface area contributed by atoms with Crippen LogP contribution in [-0.2, 0) is 6.54 Å². The third kappa shape index (κ3) is 3.73. The highest BCUT2D eigenvalue weighted by atomic mass is 16.5. The van der Waals surface area contributed by atoms with E-state index in [2.05, 4.69) is 29.9 Å². The fourth-order valence-corrected chi connectivity index (χ4v) is 2.76. The number of aromatic amines is 1. The smallest absolute Gasteiger partial charge is 0.273 e. The summed E-state index contributed by atoms with van der Waals surface area (Å²) in [5, 5.41) is 6.56. The quantitative estimate of drug-likeness (QED) is 0.870. The molecule has 7 nitrogen and oxygen atoms in total.